The maximum absolute atomic E-state index is 6.12. The molecule has 0 radical (unpaired) electrons. The first kappa shape index (κ1) is 14.1. The maximum Gasteiger partial charge on any atom is 0.163 e. The molecule has 110 valence electrons. The first-order valence-electron chi connectivity index (χ1n) is 7.01. The van der Waals surface area contributed by atoms with Gasteiger partial charge in [-0.2, -0.15) is 0 Å². The molecule has 0 fully saturated rings. The van der Waals surface area contributed by atoms with Crippen LogP contribution in [0.25, 0.3) is 0 Å². The minimum atomic E-state index is 0.586. The molecule has 4 heteroatoms. The summed E-state index contributed by atoms with van der Waals surface area (Å²) in [6, 6.07) is 10.4. The van der Waals surface area contributed by atoms with Crippen molar-refractivity contribution in [2.75, 3.05) is 18.9 Å². The van der Waals surface area contributed by atoms with Crippen molar-refractivity contribution in [3.05, 3.63) is 47.0 Å². The highest BCUT2D eigenvalue weighted by molar-refractivity contribution is 7.98. The van der Waals surface area contributed by atoms with Gasteiger partial charge in [-0.25, -0.2) is 0 Å². The number of nitrogens with two attached hydrogens (primary N) is 1. The van der Waals surface area contributed by atoms with Gasteiger partial charge in [0.25, 0.3) is 0 Å². The molecule has 0 amide bonds. The summed E-state index contributed by atoms with van der Waals surface area (Å²) in [7, 11) is 0. The summed E-state index contributed by atoms with van der Waals surface area (Å²) in [4.78, 5) is 1.29. The van der Waals surface area contributed by atoms with Crippen LogP contribution in [0.1, 0.15) is 16.7 Å². The lowest BCUT2D eigenvalue weighted by Gasteiger charge is -2.20. The highest BCUT2D eigenvalue weighted by Crippen LogP contribution is 2.37. The predicted molar refractivity (Wildman–Crippen MR) is 87.3 cm³/mol. The Bertz CT molecular complexity index is 670. The van der Waals surface area contributed by atoms with Crippen LogP contribution >= 0.6 is 11.8 Å². The molecule has 21 heavy (non-hydrogen) atoms. The number of hydrogen-bond acceptors (Lipinski definition) is 4. The van der Waals surface area contributed by atoms with Gasteiger partial charge < -0.3 is 15.2 Å². The van der Waals surface area contributed by atoms with Crippen LogP contribution in [0.3, 0.4) is 0 Å². The minimum Gasteiger partial charge on any atom is -0.486 e. The van der Waals surface area contributed by atoms with E-state index in [9.17, 15) is 0 Å². The Balaban J connectivity index is 1.78. The van der Waals surface area contributed by atoms with E-state index < -0.39 is 0 Å². The Morgan fingerprint density at radius 1 is 1.05 bits per heavy atom. The molecule has 2 aromatic carbocycles. The standard InChI is InChI=1S/C17H19NO2S/c1-11-3-4-17(12(2)7-11)21-10-13-8-15-16(9-14(13)18)20-6-5-19-15/h3-4,7-9H,5-6,10,18H2,1-2H3. The smallest absolute Gasteiger partial charge is 0.163 e. The molecule has 1 aliphatic rings. The highest BCUT2D eigenvalue weighted by Gasteiger charge is 2.14. The van der Waals surface area contributed by atoms with Crippen molar-refractivity contribution in [3.8, 4) is 11.5 Å². The maximum atomic E-state index is 6.12. The van der Waals surface area contributed by atoms with Crippen LogP contribution in [0.5, 0.6) is 11.5 Å². The molecule has 0 bridgehead atoms. The summed E-state index contributed by atoms with van der Waals surface area (Å²) in [5.41, 5.74) is 10.6. The second-order valence-corrected chi connectivity index (χ2v) is 6.27. The average Bonchev–Trinajstić information content (AvgIpc) is 2.46. The van der Waals surface area contributed by atoms with Gasteiger partial charge in [0.2, 0.25) is 0 Å². The van der Waals surface area contributed by atoms with Gasteiger partial charge in [-0.15, -0.1) is 11.8 Å². The van der Waals surface area contributed by atoms with Crippen molar-refractivity contribution in [3.63, 3.8) is 0 Å². The molecular weight excluding hydrogens is 282 g/mol. The number of aryl methyl sites for hydroxylation is 2. The quantitative estimate of drug-likeness (QED) is 0.688. The largest absolute Gasteiger partial charge is 0.486 e. The third-order valence-electron chi connectivity index (χ3n) is 3.52. The van der Waals surface area contributed by atoms with E-state index >= 15 is 0 Å². The zero-order chi connectivity index (χ0) is 14.8. The van der Waals surface area contributed by atoms with E-state index in [1.165, 1.54) is 16.0 Å². The molecule has 3 rings (SSSR count). The van der Waals surface area contributed by atoms with E-state index in [1.807, 2.05) is 12.1 Å². The minimum absolute atomic E-state index is 0.586. The Morgan fingerprint density at radius 2 is 1.76 bits per heavy atom. The van der Waals surface area contributed by atoms with E-state index in [2.05, 4.69) is 32.0 Å². The molecule has 0 spiro atoms. The predicted octanol–water partition coefficient (Wildman–Crippen LogP) is 3.95. The van der Waals surface area contributed by atoms with Crippen molar-refractivity contribution in [2.45, 2.75) is 24.5 Å². The van der Waals surface area contributed by atoms with Gasteiger partial charge in [-0.1, -0.05) is 17.7 Å². The molecule has 0 saturated heterocycles. The number of anilines is 1. The second-order valence-electron chi connectivity index (χ2n) is 5.25. The number of thioether (sulfide) groups is 1. The number of benzene rings is 2. The zero-order valence-corrected chi connectivity index (χ0v) is 13.1. The van der Waals surface area contributed by atoms with Crippen LogP contribution in [-0.2, 0) is 5.75 Å². The second kappa shape index (κ2) is 5.90. The first-order chi connectivity index (χ1) is 10.1. The summed E-state index contributed by atoms with van der Waals surface area (Å²) in [6.07, 6.45) is 0. The first-order valence-corrected chi connectivity index (χ1v) is 8.00. The van der Waals surface area contributed by atoms with Gasteiger partial charge in [0.05, 0.1) is 0 Å². The number of fused-ring (bicyclic) bond motifs is 1. The molecule has 0 unspecified atom stereocenters. The summed E-state index contributed by atoms with van der Waals surface area (Å²) >= 11 is 1.80. The number of rotatable bonds is 3. The van der Waals surface area contributed by atoms with Gasteiger partial charge in [-0.05, 0) is 37.1 Å². The molecule has 0 aromatic heterocycles. The average molecular weight is 301 g/mol. The lowest BCUT2D eigenvalue weighted by Crippen LogP contribution is -2.15. The van der Waals surface area contributed by atoms with Crippen molar-refractivity contribution < 1.29 is 9.47 Å². The van der Waals surface area contributed by atoms with E-state index in [0.29, 0.717) is 13.2 Å². The molecular formula is C17H19NO2S. The van der Waals surface area contributed by atoms with Crippen LogP contribution < -0.4 is 15.2 Å². The van der Waals surface area contributed by atoms with Gasteiger partial charge in [0.15, 0.2) is 11.5 Å². The van der Waals surface area contributed by atoms with E-state index in [0.717, 1.165) is 28.5 Å². The molecule has 2 aromatic rings. The molecule has 0 atom stereocenters. The summed E-state index contributed by atoms with van der Waals surface area (Å²) in [6.45, 7) is 5.44. The Hall–Kier alpha value is -1.81. The van der Waals surface area contributed by atoms with Crippen LogP contribution in [0.2, 0.25) is 0 Å². The van der Waals surface area contributed by atoms with Crippen molar-refractivity contribution in [1.82, 2.24) is 0 Å². The normalized spacial score (nSPS) is 13.2. The van der Waals surface area contributed by atoms with Crippen molar-refractivity contribution in [1.29, 1.82) is 0 Å². The number of nitrogen functional groups attached to an aromatic ring is 1. The highest BCUT2D eigenvalue weighted by atomic mass is 32.2. The number of hydrogen-bond donors (Lipinski definition) is 1. The van der Waals surface area contributed by atoms with Gasteiger partial charge in [-0.3, -0.25) is 0 Å². The van der Waals surface area contributed by atoms with Gasteiger partial charge >= 0.3 is 0 Å². The monoisotopic (exact) mass is 301 g/mol. The van der Waals surface area contributed by atoms with Crippen LogP contribution in [0, 0.1) is 13.8 Å². The Morgan fingerprint density at radius 3 is 2.48 bits per heavy atom. The fourth-order valence-electron chi connectivity index (χ4n) is 2.39. The van der Waals surface area contributed by atoms with E-state index in [4.69, 9.17) is 15.2 Å². The molecule has 0 aliphatic carbocycles. The summed E-state index contributed by atoms with van der Waals surface area (Å²) in [5.74, 6) is 2.37. The van der Waals surface area contributed by atoms with E-state index in [-0.39, 0.29) is 0 Å². The van der Waals surface area contributed by atoms with Crippen LogP contribution in [-0.4, -0.2) is 13.2 Å². The fourth-order valence-corrected chi connectivity index (χ4v) is 3.40. The fraction of sp³-hybridized carbons (Fsp3) is 0.294. The Kier molecular flexibility index (Phi) is 3.97. The lowest BCUT2D eigenvalue weighted by atomic mass is 10.1. The lowest BCUT2D eigenvalue weighted by molar-refractivity contribution is 0.171. The topological polar surface area (TPSA) is 44.5 Å². The van der Waals surface area contributed by atoms with Gasteiger partial charge in [0.1, 0.15) is 13.2 Å². The molecule has 1 heterocycles. The third kappa shape index (κ3) is 3.10. The summed E-state index contributed by atoms with van der Waals surface area (Å²) in [5, 5.41) is 0. The number of ether oxygens (including phenoxy) is 2. The van der Waals surface area contributed by atoms with Crippen LogP contribution in [0.15, 0.2) is 35.2 Å². The molecule has 2 N–H and O–H groups in total. The summed E-state index contributed by atoms with van der Waals surface area (Å²) < 4.78 is 11.2. The Labute approximate surface area is 129 Å². The van der Waals surface area contributed by atoms with Gasteiger partial charge in [0, 0.05) is 22.4 Å². The van der Waals surface area contributed by atoms with Crippen molar-refractivity contribution in [2.24, 2.45) is 0 Å². The SMILES string of the molecule is Cc1ccc(SCc2cc3c(cc2N)OCCO3)c(C)c1. The van der Waals surface area contributed by atoms with E-state index in [1.54, 1.807) is 11.8 Å². The zero-order valence-electron chi connectivity index (χ0n) is 12.3. The molecule has 3 nitrogen and oxygen atoms in total. The molecule has 1 aliphatic heterocycles. The third-order valence-corrected chi connectivity index (χ3v) is 4.74. The van der Waals surface area contributed by atoms with Crippen LogP contribution in [0.4, 0.5) is 5.69 Å². The molecule has 0 saturated carbocycles. The van der Waals surface area contributed by atoms with Crippen molar-refractivity contribution >= 4 is 17.4 Å².